The van der Waals surface area contributed by atoms with E-state index in [-0.39, 0.29) is 36.6 Å². The Hall–Kier alpha value is -1.59. The fourth-order valence-electron chi connectivity index (χ4n) is 1.96. The second-order valence-electron chi connectivity index (χ2n) is 5.35. The fraction of sp³-hybridized carbons (Fsp3) is 0.500. The van der Waals surface area contributed by atoms with Gasteiger partial charge in [-0.1, -0.05) is 44.2 Å². The van der Waals surface area contributed by atoms with Gasteiger partial charge in [-0.05, 0) is 18.5 Å². The van der Waals surface area contributed by atoms with Crippen LogP contribution in [-0.2, 0) is 16.0 Å². The van der Waals surface area contributed by atoms with Gasteiger partial charge in [0.15, 0.2) is 0 Å². The standard InChI is InChI=1S/C16H25N3O2.ClH/c1-12(2)15(16(21)18-10-9-17-3)19-14(20)11-13-7-5-4-6-8-13;/h4-8,12,15,17H,9-11H2,1-3H3,(H,18,21)(H,19,20);1H. The molecule has 0 fully saturated rings. The summed E-state index contributed by atoms with van der Waals surface area (Å²) in [5, 5.41) is 8.60. The van der Waals surface area contributed by atoms with Gasteiger partial charge in [-0.3, -0.25) is 9.59 Å². The van der Waals surface area contributed by atoms with Gasteiger partial charge in [-0.25, -0.2) is 0 Å². The Kier molecular flexibility index (Phi) is 10.2. The zero-order valence-electron chi connectivity index (χ0n) is 13.4. The van der Waals surface area contributed by atoms with Gasteiger partial charge in [0.1, 0.15) is 6.04 Å². The van der Waals surface area contributed by atoms with E-state index < -0.39 is 6.04 Å². The van der Waals surface area contributed by atoms with Crippen LogP contribution in [0, 0.1) is 5.92 Å². The second kappa shape index (κ2) is 11.0. The average Bonchev–Trinajstić information content (AvgIpc) is 2.45. The van der Waals surface area contributed by atoms with E-state index >= 15 is 0 Å². The molecule has 22 heavy (non-hydrogen) atoms. The highest BCUT2D eigenvalue weighted by atomic mass is 35.5. The number of halogens is 1. The van der Waals surface area contributed by atoms with Crippen LogP contribution >= 0.6 is 12.4 Å². The summed E-state index contributed by atoms with van der Waals surface area (Å²) in [6, 6.07) is 9.00. The maximum absolute atomic E-state index is 12.1. The molecular weight excluding hydrogens is 302 g/mol. The molecule has 2 amide bonds. The summed E-state index contributed by atoms with van der Waals surface area (Å²) in [6.45, 7) is 5.10. The van der Waals surface area contributed by atoms with E-state index in [0.717, 1.165) is 5.56 Å². The Morgan fingerprint density at radius 2 is 1.73 bits per heavy atom. The molecule has 0 heterocycles. The van der Waals surface area contributed by atoms with Crippen LogP contribution in [0.25, 0.3) is 0 Å². The van der Waals surface area contributed by atoms with Crippen LogP contribution in [0.5, 0.6) is 0 Å². The lowest BCUT2D eigenvalue weighted by molar-refractivity contribution is -0.129. The molecule has 0 radical (unpaired) electrons. The molecule has 0 saturated heterocycles. The average molecular weight is 328 g/mol. The molecule has 0 saturated carbocycles. The smallest absolute Gasteiger partial charge is 0.242 e. The van der Waals surface area contributed by atoms with Crippen LogP contribution < -0.4 is 16.0 Å². The summed E-state index contributed by atoms with van der Waals surface area (Å²) in [7, 11) is 1.83. The summed E-state index contributed by atoms with van der Waals surface area (Å²) in [5.74, 6) is -0.232. The third-order valence-corrected chi connectivity index (χ3v) is 3.15. The molecule has 6 heteroatoms. The lowest BCUT2D eigenvalue weighted by Gasteiger charge is -2.21. The topological polar surface area (TPSA) is 70.2 Å². The first-order chi connectivity index (χ1) is 10.0. The molecule has 3 N–H and O–H groups in total. The van der Waals surface area contributed by atoms with E-state index in [1.54, 1.807) is 0 Å². The van der Waals surface area contributed by atoms with Gasteiger partial charge in [0.25, 0.3) is 0 Å². The number of likely N-dealkylation sites (N-methyl/N-ethyl adjacent to an activating group) is 1. The van der Waals surface area contributed by atoms with E-state index in [1.165, 1.54) is 0 Å². The van der Waals surface area contributed by atoms with E-state index in [0.29, 0.717) is 13.1 Å². The van der Waals surface area contributed by atoms with Crippen molar-refractivity contribution in [2.24, 2.45) is 5.92 Å². The Labute approximate surface area is 138 Å². The summed E-state index contributed by atoms with van der Waals surface area (Å²) in [4.78, 5) is 24.2. The quantitative estimate of drug-likeness (QED) is 0.627. The third-order valence-electron chi connectivity index (χ3n) is 3.15. The molecule has 0 aliphatic carbocycles. The zero-order valence-corrected chi connectivity index (χ0v) is 14.2. The van der Waals surface area contributed by atoms with E-state index in [9.17, 15) is 9.59 Å². The molecule has 1 rings (SSSR count). The summed E-state index contributed by atoms with van der Waals surface area (Å²) in [5.41, 5.74) is 0.938. The fourth-order valence-corrected chi connectivity index (χ4v) is 1.96. The minimum absolute atomic E-state index is 0. The molecule has 124 valence electrons. The second-order valence-corrected chi connectivity index (χ2v) is 5.35. The number of nitrogens with one attached hydrogen (secondary N) is 3. The van der Waals surface area contributed by atoms with Crippen molar-refractivity contribution in [3.05, 3.63) is 35.9 Å². The molecule has 1 atom stereocenters. The highest BCUT2D eigenvalue weighted by Gasteiger charge is 2.23. The first kappa shape index (κ1) is 20.4. The van der Waals surface area contributed by atoms with Crippen LogP contribution in [0.2, 0.25) is 0 Å². The third kappa shape index (κ3) is 7.43. The summed E-state index contributed by atoms with van der Waals surface area (Å²) >= 11 is 0. The molecule has 1 unspecified atom stereocenters. The van der Waals surface area contributed by atoms with Gasteiger partial charge in [0.2, 0.25) is 11.8 Å². The first-order valence-corrected chi connectivity index (χ1v) is 7.30. The molecule has 0 spiro atoms. The van der Waals surface area contributed by atoms with Gasteiger partial charge in [-0.2, -0.15) is 0 Å². The van der Waals surface area contributed by atoms with E-state index in [1.807, 2.05) is 51.2 Å². The van der Waals surface area contributed by atoms with Crippen molar-refractivity contribution in [1.82, 2.24) is 16.0 Å². The summed E-state index contributed by atoms with van der Waals surface area (Å²) < 4.78 is 0. The van der Waals surface area contributed by atoms with E-state index in [2.05, 4.69) is 16.0 Å². The molecule has 5 nitrogen and oxygen atoms in total. The maximum atomic E-state index is 12.1. The van der Waals surface area contributed by atoms with E-state index in [4.69, 9.17) is 0 Å². The van der Waals surface area contributed by atoms with Gasteiger partial charge in [0.05, 0.1) is 6.42 Å². The van der Waals surface area contributed by atoms with Crippen LogP contribution in [-0.4, -0.2) is 38.0 Å². The number of carbonyl (C=O) groups excluding carboxylic acids is 2. The Balaban J connectivity index is 0.00000441. The number of benzene rings is 1. The Morgan fingerprint density at radius 3 is 2.27 bits per heavy atom. The first-order valence-electron chi connectivity index (χ1n) is 7.30. The molecule has 1 aromatic rings. The minimum Gasteiger partial charge on any atom is -0.353 e. The molecule has 0 aliphatic rings. The number of hydrogen-bond donors (Lipinski definition) is 3. The van der Waals surface area contributed by atoms with Crippen molar-refractivity contribution in [3.63, 3.8) is 0 Å². The van der Waals surface area contributed by atoms with Crippen molar-refractivity contribution in [3.8, 4) is 0 Å². The Bertz CT molecular complexity index is 452. The highest BCUT2D eigenvalue weighted by molar-refractivity contribution is 5.88. The lowest BCUT2D eigenvalue weighted by Crippen LogP contribution is -2.50. The van der Waals surface area contributed by atoms with Crippen molar-refractivity contribution in [1.29, 1.82) is 0 Å². The van der Waals surface area contributed by atoms with Crippen LogP contribution in [0.1, 0.15) is 19.4 Å². The number of amides is 2. The molecule has 0 aromatic heterocycles. The van der Waals surface area contributed by atoms with Gasteiger partial charge >= 0.3 is 0 Å². The van der Waals surface area contributed by atoms with Crippen LogP contribution in [0.4, 0.5) is 0 Å². The molecule has 0 aliphatic heterocycles. The van der Waals surface area contributed by atoms with Crippen LogP contribution in [0.15, 0.2) is 30.3 Å². The molecule has 1 aromatic carbocycles. The van der Waals surface area contributed by atoms with Gasteiger partial charge in [-0.15, -0.1) is 12.4 Å². The van der Waals surface area contributed by atoms with Crippen molar-refractivity contribution in [2.45, 2.75) is 26.3 Å². The molecular formula is C16H26ClN3O2. The number of rotatable bonds is 8. The number of carbonyl (C=O) groups is 2. The van der Waals surface area contributed by atoms with Gasteiger partial charge in [0, 0.05) is 13.1 Å². The minimum atomic E-state index is -0.502. The highest BCUT2D eigenvalue weighted by Crippen LogP contribution is 2.04. The summed E-state index contributed by atoms with van der Waals surface area (Å²) in [6.07, 6.45) is 0.286. The van der Waals surface area contributed by atoms with Crippen LogP contribution in [0.3, 0.4) is 0 Å². The van der Waals surface area contributed by atoms with Gasteiger partial charge < -0.3 is 16.0 Å². The SMILES string of the molecule is CNCCNC(=O)C(NC(=O)Cc1ccccc1)C(C)C.Cl. The predicted octanol–water partition coefficient (Wildman–Crippen LogP) is 1.13. The Morgan fingerprint density at radius 1 is 1.09 bits per heavy atom. The lowest BCUT2D eigenvalue weighted by atomic mass is 10.0. The normalized spacial score (nSPS) is 11.5. The van der Waals surface area contributed by atoms with Crippen molar-refractivity contribution >= 4 is 24.2 Å². The van der Waals surface area contributed by atoms with Crippen molar-refractivity contribution < 1.29 is 9.59 Å². The van der Waals surface area contributed by atoms with Crippen molar-refractivity contribution in [2.75, 3.05) is 20.1 Å². The predicted molar refractivity (Wildman–Crippen MR) is 91.1 cm³/mol. The number of hydrogen-bond acceptors (Lipinski definition) is 3. The molecule has 0 bridgehead atoms. The maximum Gasteiger partial charge on any atom is 0.242 e. The zero-order chi connectivity index (χ0) is 15.7. The monoisotopic (exact) mass is 327 g/mol. The largest absolute Gasteiger partial charge is 0.353 e.